The molecule has 0 radical (unpaired) electrons. The van der Waals surface area contributed by atoms with Crippen LogP contribution >= 0.6 is 0 Å². The van der Waals surface area contributed by atoms with Gasteiger partial charge in [-0.25, -0.2) is 8.42 Å². The first-order valence-electron chi connectivity index (χ1n) is 10.0. The van der Waals surface area contributed by atoms with Crippen LogP contribution in [0.2, 0.25) is 0 Å². The van der Waals surface area contributed by atoms with Gasteiger partial charge in [-0.1, -0.05) is 19.9 Å². The average molecular weight is 462 g/mol. The topological polar surface area (TPSA) is 122 Å². The molecule has 0 spiro atoms. The number of sulfonamides is 1. The fourth-order valence-corrected chi connectivity index (χ4v) is 4.45. The van der Waals surface area contributed by atoms with Crippen molar-refractivity contribution >= 4 is 39.0 Å². The maximum atomic E-state index is 12.7. The molecule has 172 valence electrons. The van der Waals surface area contributed by atoms with E-state index in [9.17, 15) is 22.8 Å². The van der Waals surface area contributed by atoms with E-state index in [1.807, 2.05) is 0 Å². The summed E-state index contributed by atoms with van der Waals surface area (Å²) in [6, 6.07) is 10.5. The number of carbonyl (C=O) groups is 3. The Balaban J connectivity index is 2.15. The lowest BCUT2D eigenvalue weighted by Gasteiger charge is -2.19. The number of amides is 2. The molecule has 0 fully saturated rings. The van der Waals surface area contributed by atoms with Gasteiger partial charge < -0.3 is 15.4 Å². The molecule has 0 saturated heterocycles. The summed E-state index contributed by atoms with van der Waals surface area (Å²) in [5.41, 5.74) is 0.984. The van der Waals surface area contributed by atoms with Gasteiger partial charge >= 0.3 is 0 Å². The third-order valence-corrected chi connectivity index (χ3v) is 6.56. The molecule has 2 rings (SSSR count). The number of anilines is 2. The van der Waals surface area contributed by atoms with Crippen LogP contribution in [0.4, 0.5) is 11.4 Å². The molecular formula is C22H27N3O6S. The number of ketones is 1. The Morgan fingerprint density at radius 3 is 2.25 bits per heavy atom. The Hall–Kier alpha value is -3.24. The van der Waals surface area contributed by atoms with Gasteiger partial charge in [0.25, 0.3) is 5.91 Å². The fourth-order valence-electron chi connectivity index (χ4n) is 2.94. The molecule has 2 aromatic carbocycles. The molecule has 2 N–H and O–H groups in total. The smallest absolute Gasteiger partial charge is 0.262 e. The first kappa shape index (κ1) is 25.0. The van der Waals surface area contributed by atoms with E-state index in [4.69, 9.17) is 4.74 Å². The number of nitrogens with one attached hydrogen (secondary N) is 2. The standard InChI is InChI=1S/C22H27N3O6S/c1-5-25(6-2)32(29,30)19-9-7-8-18(13-19)24-22(28)14-31-21-12-17(15(3)26)10-11-20(21)23-16(4)27/h7-13H,5-6,14H2,1-4H3,(H,23,27)(H,24,28). The number of benzene rings is 2. The third-order valence-electron chi connectivity index (χ3n) is 4.52. The second-order valence-electron chi connectivity index (χ2n) is 6.90. The maximum absolute atomic E-state index is 12.7. The summed E-state index contributed by atoms with van der Waals surface area (Å²) in [7, 11) is -3.67. The molecule has 0 aliphatic carbocycles. The van der Waals surface area contributed by atoms with Gasteiger partial charge in [-0.15, -0.1) is 0 Å². The predicted octanol–water partition coefficient (Wildman–Crippen LogP) is 2.90. The van der Waals surface area contributed by atoms with Crippen molar-refractivity contribution < 1.29 is 27.5 Å². The van der Waals surface area contributed by atoms with Crippen LogP contribution in [0.15, 0.2) is 47.4 Å². The van der Waals surface area contributed by atoms with Crippen LogP contribution in [0.25, 0.3) is 0 Å². The number of carbonyl (C=O) groups excluding carboxylic acids is 3. The molecule has 0 aliphatic heterocycles. The highest BCUT2D eigenvalue weighted by molar-refractivity contribution is 7.89. The maximum Gasteiger partial charge on any atom is 0.262 e. The summed E-state index contributed by atoms with van der Waals surface area (Å²) in [6.07, 6.45) is 0. The number of nitrogens with zero attached hydrogens (tertiary/aromatic N) is 1. The zero-order valence-corrected chi connectivity index (χ0v) is 19.3. The van der Waals surface area contributed by atoms with Crippen molar-refractivity contribution in [3.63, 3.8) is 0 Å². The van der Waals surface area contributed by atoms with Crippen molar-refractivity contribution in [2.45, 2.75) is 32.6 Å². The number of ether oxygens (including phenoxy) is 1. The van der Waals surface area contributed by atoms with Gasteiger partial charge in [0.05, 0.1) is 10.6 Å². The molecule has 0 heterocycles. The Morgan fingerprint density at radius 2 is 1.66 bits per heavy atom. The van der Waals surface area contributed by atoms with Crippen molar-refractivity contribution in [2.24, 2.45) is 0 Å². The van der Waals surface area contributed by atoms with Crippen LogP contribution < -0.4 is 15.4 Å². The highest BCUT2D eigenvalue weighted by atomic mass is 32.2. The van der Waals surface area contributed by atoms with Gasteiger partial charge in [-0.2, -0.15) is 4.31 Å². The van der Waals surface area contributed by atoms with Gasteiger partial charge in [-0.05, 0) is 43.3 Å². The molecule has 0 atom stereocenters. The minimum atomic E-state index is -3.67. The molecule has 10 heteroatoms. The minimum Gasteiger partial charge on any atom is -0.482 e. The van der Waals surface area contributed by atoms with Crippen LogP contribution in [0.1, 0.15) is 38.1 Å². The van der Waals surface area contributed by atoms with E-state index in [1.54, 1.807) is 26.0 Å². The van der Waals surface area contributed by atoms with E-state index in [1.165, 1.54) is 48.5 Å². The van der Waals surface area contributed by atoms with Gasteiger partial charge in [0.15, 0.2) is 12.4 Å². The molecular weight excluding hydrogens is 434 g/mol. The fraction of sp³-hybridized carbons (Fsp3) is 0.318. The van der Waals surface area contributed by atoms with Crippen molar-refractivity contribution in [1.82, 2.24) is 4.31 Å². The summed E-state index contributed by atoms with van der Waals surface area (Å²) in [5, 5.41) is 5.18. The van der Waals surface area contributed by atoms with Gasteiger partial charge in [0.2, 0.25) is 15.9 Å². The second kappa shape index (κ2) is 10.9. The summed E-state index contributed by atoms with van der Waals surface area (Å²) < 4.78 is 32.2. The van der Waals surface area contributed by atoms with Crippen LogP contribution in [-0.4, -0.2) is 50.0 Å². The van der Waals surface area contributed by atoms with Crippen molar-refractivity contribution in [3.05, 3.63) is 48.0 Å². The zero-order chi connectivity index (χ0) is 23.9. The van der Waals surface area contributed by atoms with Crippen LogP contribution in [-0.2, 0) is 19.6 Å². The first-order valence-corrected chi connectivity index (χ1v) is 11.5. The molecule has 2 aromatic rings. The first-order chi connectivity index (χ1) is 15.1. The molecule has 9 nitrogen and oxygen atoms in total. The van der Waals surface area contributed by atoms with E-state index >= 15 is 0 Å². The van der Waals surface area contributed by atoms with E-state index < -0.39 is 22.5 Å². The lowest BCUT2D eigenvalue weighted by atomic mass is 10.1. The Bertz CT molecular complexity index is 1110. The molecule has 0 bridgehead atoms. The van der Waals surface area contributed by atoms with E-state index in [0.29, 0.717) is 30.0 Å². The largest absolute Gasteiger partial charge is 0.482 e. The number of hydrogen-bond donors (Lipinski definition) is 2. The summed E-state index contributed by atoms with van der Waals surface area (Å²) in [6.45, 7) is 6.47. The second-order valence-corrected chi connectivity index (χ2v) is 8.84. The summed E-state index contributed by atoms with van der Waals surface area (Å²) >= 11 is 0. The summed E-state index contributed by atoms with van der Waals surface area (Å²) in [4.78, 5) is 35.5. The van der Waals surface area contributed by atoms with Crippen molar-refractivity contribution in [3.8, 4) is 5.75 Å². The van der Waals surface area contributed by atoms with Crippen LogP contribution in [0, 0.1) is 0 Å². The van der Waals surface area contributed by atoms with Crippen molar-refractivity contribution in [1.29, 1.82) is 0 Å². The third kappa shape index (κ3) is 6.38. The van der Waals surface area contributed by atoms with Gasteiger partial charge in [-0.3, -0.25) is 14.4 Å². The molecule has 0 aliphatic rings. The SMILES string of the molecule is CCN(CC)S(=O)(=O)c1cccc(NC(=O)COc2cc(C(C)=O)ccc2NC(C)=O)c1. The van der Waals surface area contributed by atoms with E-state index in [-0.39, 0.29) is 22.3 Å². The zero-order valence-electron chi connectivity index (χ0n) is 18.5. The number of hydrogen-bond acceptors (Lipinski definition) is 6. The van der Waals surface area contributed by atoms with Crippen LogP contribution in [0.3, 0.4) is 0 Å². The molecule has 2 amide bonds. The van der Waals surface area contributed by atoms with Crippen LogP contribution in [0.5, 0.6) is 5.75 Å². The number of Topliss-reactive ketones (excluding diaryl/α,β-unsaturated/α-hetero) is 1. The Kier molecular flexibility index (Phi) is 8.50. The Morgan fingerprint density at radius 1 is 0.969 bits per heavy atom. The van der Waals surface area contributed by atoms with E-state index in [0.717, 1.165) is 0 Å². The van der Waals surface area contributed by atoms with Gasteiger partial charge in [0.1, 0.15) is 5.75 Å². The molecule has 0 unspecified atom stereocenters. The van der Waals surface area contributed by atoms with Crippen molar-refractivity contribution in [2.75, 3.05) is 30.3 Å². The number of rotatable bonds is 10. The van der Waals surface area contributed by atoms with E-state index in [2.05, 4.69) is 10.6 Å². The highest BCUT2D eigenvalue weighted by Crippen LogP contribution is 2.26. The lowest BCUT2D eigenvalue weighted by Crippen LogP contribution is -2.30. The quantitative estimate of drug-likeness (QED) is 0.525. The predicted molar refractivity (Wildman–Crippen MR) is 121 cm³/mol. The lowest BCUT2D eigenvalue weighted by molar-refractivity contribution is -0.118. The summed E-state index contributed by atoms with van der Waals surface area (Å²) in [5.74, 6) is -0.897. The normalized spacial score (nSPS) is 11.2. The average Bonchev–Trinajstić information content (AvgIpc) is 2.73. The highest BCUT2D eigenvalue weighted by Gasteiger charge is 2.22. The molecule has 0 aromatic heterocycles. The monoisotopic (exact) mass is 461 g/mol. The minimum absolute atomic E-state index is 0.0713. The van der Waals surface area contributed by atoms with Gasteiger partial charge in [0, 0.05) is 31.3 Å². The molecule has 0 saturated carbocycles. The molecule has 32 heavy (non-hydrogen) atoms. The Labute approximate surface area is 187 Å².